The van der Waals surface area contributed by atoms with Gasteiger partial charge in [0.1, 0.15) is 0 Å². The maximum atomic E-state index is 12.1. The fourth-order valence-electron chi connectivity index (χ4n) is 2.33. The summed E-state index contributed by atoms with van der Waals surface area (Å²) in [6.07, 6.45) is 3.56. The third-order valence-electron chi connectivity index (χ3n) is 3.42. The highest BCUT2D eigenvalue weighted by Gasteiger charge is 2.16. The Morgan fingerprint density at radius 1 is 1.50 bits per heavy atom. The first-order valence-corrected chi connectivity index (χ1v) is 7.32. The van der Waals surface area contributed by atoms with Gasteiger partial charge in [-0.3, -0.25) is 4.79 Å². The Labute approximate surface area is 125 Å². The molecule has 4 nitrogen and oxygen atoms in total. The highest BCUT2D eigenvalue weighted by molar-refractivity contribution is 6.31. The Balaban J connectivity index is 2.01. The van der Waals surface area contributed by atoms with Crippen LogP contribution in [-0.2, 0) is 4.74 Å². The van der Waals surface area contributed by atoms with E-state index in [1.54, 1.807) is 37.2 Å². The number of carbonyl (C=O) groups is 1. The molecule has 1 aromatic carbocycles. The number of halogens is 1. The van der Waals surface area contributed by atoms with Crippen molar-refractivity contribution in [3.05, 3.63) is 28.8 Å². The number of carbonyl (C=O) groups excluding carboxylic acids is 1. The van der Waals surface area contributed by atoms with Gasteiger partial charge >= 0.3 is 0 Å². The van der Waals surface area contributed by atoms with E-state index >= 15 is 0 Å². The number of hydrogen-bond donors (Lipinski definition) is 1. The molecular formula is C15H21ClN2O2. The summed E-state index contributed by atoms with van der Waals surface area (Å²) in [6, 6.07) is 5.30. The van der Waals surface area contributed by atoms with Gasteiger partial charge in [0.2, 0.25) is 0 Å². The van der Waals surface area contributed by atoms with Crippen LogP contribution in [0.2, 0.25) is 5.02 Å². The molecule has 20 heavy (non-hydrogen) atoms. The molecule has 5 heteroatoms. The molecule has 0 radical (unpaired) electrons. The summed E-state index contributed by atoms with van der Waals surface area (Å²) < 4.78 is 5.59. The summed E-state index contributed by atoms with van der Waals surface area (Å²) in [4.78, 5) is 13.7. The van der Waals surface area contributed by atoms with Crippen molar-refractivity contribution >= 4 is 23.2 Å². The molecule has 1 amide bonds. The van der Waals surface area contributed by atoms with E-state index in [0.717, 1.165) is 38.1 Å². The van der Waals surface area contributed by atoms with E-state index in [1.807, 2.05) is 0 Å². The molecule has 1 fully saturated rings. The molecule has 0 unspecified atom stereocenters. The van der Waals surface area contributed by atoms with Crippen LogP contribution < -0.4 is 5.32 Å². The van der Waals surface area contributed by atoms with Crippen LogP contribution in [0.1, 0.15) is 29.6 Å². The molecular weight excluding hydrogens is 276 g/mol. The molecule has 1 heterocycles. The van der Waals surface area contributed by atoms with Crippen LogP contribution in [0.4, 0.5) is 5.69 Å². The molecule has 0 aromatic heterocycles. The number of amides is 1. The maximum absolute atomic E-state index is 12.1. The summed E-state index contributed by atoms with van der Waals surface area (Å²) in [7, 11) is 3.49. The molecule has 1 aliphatic rings. The van der Waals surface area contributed by atoms with Gasteiger partial charge in [0, 0.05) is 38.0 Å². The van der Waals surface area contributed by atoms with Crippen molar-refractivity contribution in [1.82, 2.24) is 4.90 Å². The van der Waals surface area contributed by atoms with Crippen LogP contribution in [0.3, 0.4) is 0 Å². The summed E-state index contributed by atoms with van der Waals surface area (Å²) >= 11 is 6.02. The predicted octanol–water partition coefficient (Wildman–Crippen LogP) is 3.02. The molecule has 1 aliphatic heterocycles. The van der Waals surface area contributed by atoms with Gasteiger partial charge in [0.15, 0.2) is 0 Å². The molecule has 110 valence electrons. The van der Waals surface area contributed by atoms with E-state index in [0.29, 0.717) is 16.7 Å². The Kier molecular flexibility index (Phi) is 5.26. The third-order valence-corrected chi connectivity index (χ3v) is 3.66. The molecule has 1 N–H and O–H groups in total. The van der Waals surface area contributed by atoms with Crippen molar-refractivity contribution in [1.29, 1.82) is 0 Å². The smallest absolute Gasteiger partial charge is 0.255 e. The van der Waals surface area contributed by atoms with Gasteiger partial charge in [0.25, 0.3) is 5.91 Å². The maximum Gasteiger partial charge on any atom is 0.255 e. The molecule has 2 rings (SSSR count). The fourth-order valence-corrected chi connectivity index (χ4v) is 2.50. The number of benzene rings is 1. The zero-order chi connectivity index (χ0) is 14.5. The average Bonchev–Trinajstić information content (AvgIpc) is 2.91. The first-order chi connectivity index (χ1) is 9.58. The van der Waals surface area contributed by atoms with Crippen LogP contribution in [0.5, 0.6) is 0 Å². The van der Waals surface area contributed by atoms with Crippen LogP contribution in [0, 0.1) is 0 Å². The van der Waals surface area contributed by atoms with Gasteiger partial charge in [-0.1, -0.05) is 11.6 Å². The van der Waals surface area contributed by atoms with Gasteiger partial charge in [0.05, 0.1) is 11.7 Å². The van der Waals surface area contributed by atoms with E-state index in [9.17, 15) is 4.79 Å². The lowest BCUT2D eigenvalue weighted by Crippen LogP contribution is -2.23. The standard InChI is InChI=1S/C15H21ClN2O2/c1-18(2)15(19)13-6-5-11(16)10-14(13)17-8-7-12-4-3-9-20-12/h5-6,10,12,17H,3-4,7-9H2,1-2H3/t12-/m0/s1. The Hall–Kier alpha value is -1.26. The van der Waals surface area contributed by atoms with E-state index in [-0.39, 0.29) is 5.91 Å². The van der Waals surface area contributed by atoms with Crippen molar-refractivity contribution in [2.45, 2.75) is 25.4 Å². The van der Waals surface area contributed by atoms with Crippen molar-refractivity contribution in [3.63, 3.8) is 0 Å². The number of hydrogen-bond acceptors (Lipinski definition) is 3. The zero-order valence-electron chi connectivity index (χ0n) is 12.0. The highest BCUT2D eigenvalue weighted by atomic mass is 35.5. The molecule has 1 atom stereocenters. The van der Waals surface area contributed by atoms with Crippen LogP contribution >= 0.6 is 11.6 Å². The molecule has 1 aromatic rings. The molecule has 0 saturated carbocycles. The largest absolute Gasteiger partial charge is 0.384 e. The average molecular weight is 297 g/mol. The summed E-state index contributed by atoms with van der Waals surface area (Å²) in [5.41, 5.74) is 1.43. The van der Waals surface area contributed by atoms with Crippen LogP contribution in [0.15, 0.2) is 18.2 Å². The molecule has 0 bridgehead atoms. The third kappa shape index (κ3) is 3.87. The van der Waals surface area contributed by atoms with Gasteiger partial charge in [-0.2, -0.15) is 0 Å². The van der Waals surface area contributed by atoms with E-state index in [1.165, 1.54) is 0 Å². The monoisotopic (exact) mass is 296 g/mol. The van der Waals surface area contributed by atoms with Crippen LogP contribution in [0.25, 0.3) is 0 Å². The number of rotatable bonds is 5. The van der Waals surface area contributed by atoms with Gasteiger partial charge < -0.3 is 15.0 Å². The normalized spacial score (nSPS) is 18.1. The summed E-state index contributed by atoms with van der Waals surface area (Å²) in [5, 5.41) is 3.93. The Morgan fingerprint density at radius 3 is 2.95 bits per heavy atom. The zero-order valence-corrected chi connectivity index (χ0v) is 12.7. The van der Waals surface area contributed by atoms with Crippen molar-refractivity contribution in [3.8, 4) is 0 Å². The van der Waals surface area contributed by atoms with Gasteiger partial charge in [-0.05, 0) is 37.5 Å². The SMILES string of the molecule is CN(C)C(=O)c1ccc(Cl)cc1NCC[C@@H]1CCCO1. The lowest BCUT2D eigenvalue weighted by Gasteiger charge is -2.16. The summed E-state index contributed by atoms with van der Waals surface area (Å²) in [6.45, 7) is 1.64. The van der Waals surface area contributed by atoms with Crippen LogP contribution in [-0.4, -0.2) is 44.2 Å². The second-order valence-electron chi connectivity index (χ2n) is 5.24. The molecule has 0 spiro atoms. The Morgan fingerprint density at radius 2 is 2.30 bits per heavy atom. The van der Waals surface area contributed by atoms with E-state index in [2.05, 4.69) is 5.32 Å². The van der Waals surface area contributed by atoms with E-state index in [4.69, 9.17) is 16.3 Å². The lowest BCUT2D eigenvalue weighted by atomic mass is 10.1. The van der Waals surface area contributed by atoms with Crippen molar-refractivity contribution in [2.75, 3.05) is 32.6 Å². The topological polar surface area (TPSA) is 41.6 Å². The predicted molar refractivity (Wildman–Crippen MR) is 81.6 cm³/mol. The number of nitrogens with one attached hydrogen (secondary N) is 1. The van der Waals surface area contributed by atoms with Crippen molar-refractivity contribution in [2.24, 2.45) is 0 Å². The first-order valence-electron chi connectivity index (χ1n) is 6.94. The molecule has 0 aliphatic carbocycles. The fraction of sp³-hybridized carbons (Fsp3) is 0.533. The Bertz CT molecular complexity index is 471. The van der Waals surface area contributed by atoms with E-state index < -0.39 is 0 Å². The second kappa shape index (κ2) is 6.95. The summed E-state index contributed by atoms with van der Waals surface area (Å²) in [5.74, 6) is -0.0266. The first kappa shape index (κ1) is 15.1. The minimum Gasteiger partial charge on any atom is -0.384 e. The quantitative estimate of drug-likeness (QED) is 0.908. The number of nitrogens with zero attached hydrogens (tertiary/aromatic N) is 1. The van der Waals surface area contributed by atoms with Crippen molar-refractivity contribution < 1.29 is 9.53 Å². The minimum absolute atomic E-state index is 0.0266. The van der Waals surface area contributed by atoms with Gasteiger partial charge in [-0.15, -0.1) is 0 Å². The number of anilines is 1. The minimum atomic E-state index is -0.0266. The molecule has 1 saturated heterocycles. The number of ether oxygens (including phenoxy) is 1. The highest BCUT2D eigenvalue weighted by Crippen LogP contribution is 2.23. The van der Waals surface area contributed by atoms with Gasteiger partial charge in [-0.25, -0.2) is 0 Å². The second-order valence-corrected chi connectivity index (χ2v) is 5.68. The lowest BCUT2D eigenvalue weighted by molar-refractivity contribution is 0.0828.